The third kappa shape index (κ3) is 4.18. The van der Waals surface area contributed by atoms with Gasteiger partial charge in [0.15, 0.2) is 0 Å². The average molecular weight is 284 g/mol. The average Bonchev–Trinajstić information content (AvgIpc) is 2.99. The Morgan fingerprint density at radius 2 is 2.05 bits per heavy atom. The van der Waals surface area contributed by atoms with Crippen molar-refractivity contribution < 1.29 is 19.1 Å². The Hall–Kier alpha value is -1.14. The van der Waals surface area contributed by atoms with E-state index in [-0.39, 0.29) is 23.9 Å². The van der Waals surface area contributed by atoms with Gasteiger partial charge in [-0.1, -0.05) is 0 Å². The maximum Gasteiger partial charge on any atom is 0.308 e. The predicted molar refractivity (Wildman–Crippen MR) is 73.2 cm³/mol. The Morgan fingerprint density at radius 1 is 1.30 bits per heavy atom. The van der Waals surface area contributed by atoms with Crippen molar-refractivity contribution in [2.45, 2.75) is 31.8 Å². The minimum atomic E-state index is -0.159. The lowest BCUT2D eigenvalue weighted by atomic mass is 9.97. The molecule has 0 saturated carbocycles. The third-order valence-corrected chi connectivity index (χ3v) is 4.05. The van der Waals surface area contributed by atoms with Gasteiger partial charge in [-0.2, -0.15) is 0 Å². The molecule has 6 heteroatoms. The second kappa shape index (κ2) is 7.59. The van der Waals surface area contributed by atoms with E-state index in [4.69, 9.17) is 9.47 Å². The first-order chi connectivity index (χ1) is 9.70. The Morgan fingerprint density at radius 3 is 2.65 bits per heavy atom. The number of likely N-dealkylation sites (tertiary alicyclic amines) is 1. The van der Waals surface area contributed by atoms with Crippen LogP contribution in [0.15, 0.2) is 0 Å². The summed E-state index contributed by atoms with van der Waals surface area (Å²) in [6.07, 6.45) is 3.84. The van der Waals surface area contributed by atoms with Crippen LogP contribution < -0.4 is 5.32 Å². The Bertz CT molecular complexity index is 334. The summed E-state index contributed by atoms with van der Waals surface area (Å²) in [5.74, 6) is -0.108. The molecule has 2 aliphatic rings. The third-order valence-electron chi connectivity index (χ3n) is 4.05. The molecule has 20 heavy (non-hydrogen) atoms. The molecule has 0 aliphatic carbocycles. The molecule has 0 aromatic rings. The second-order valence-electron chi connectivity index (χ2n) is 5.44. The van der Waals surface area contributed by atoms with Crippen molar-refractivity contribution in [3.05, 3.63) is 0 Å². The van der Waals surface area contributed by atoms with Crippen LogP contribution in [0.3, 0.4) is 0 Å². The van der Waals surface area contributed by atoms with Crippen molar-refractivity contribution in [3.8, 4) is 0 Å². The van der Waals surface area contributed by atoms with E-state index in [9.17, 15) is 9.59 Å². The van der Waals surface area contributed by atoms with E-state index in [2.05, 4.69) is 5.32 Å². The highest BCUT2D eigenvalue weighted by Crippen LogP contribution is 2.18. The summed E-state index contributed by atoms with van der Waals surface area (Å²) in [6.45, 7) is 3.20. The molecule has 1 amide bonds. The van der Waals surface area contributed by atoms with Crippen LogP contribution in [0.1, 0.15) is 25.7 Å². The fraction of sp³-hybridized carbons (Fsp3) is 0.857. The van der Waals surface area contributed by atoms with Crippen molar-refractivity contribution in [1.29, 1.82) is 0 Å². The molecule has 114 valence electrons. The lowest BCUT2D eigenvalue weighted by Crippen LogP contribution is -2.45. The maximum absolute atomic E-state index is 12.0. The zero-order chi connectivity index (χ0) is 14.4. The number of esters is 1. The van der Waals surface area contributed by atoms with Gasteiger partial charge < -0.3 is 19.7 Å². The van der Waals surface area contributed by atoms with Crippen molar-refractivity contribution >= 4 is 11.9 Å². The van der Waals surface area contributed by atoms with Gasteiger partial charge in [-0.05, 0) is 25.7 Å². The summed E-state index contributed by atoms with van der Waals surface area (Å²) < 4.78 is 10.2. The first kappa shape index (κ1) is 15.3. The van der Waals surface area contributed by atoms with Gasteiger partial charge in [-0.15, -0.1) is 0 Å². The van der Waals surface area contributed by atoms with Crippen LogP contribution in [0, 0.1) is 5.92 Å². The van der Waals surface area contributed by atoms with E-state index in [0.29, 0.717) is 32.5 Å². The second-order valence-corrected chi connectivity index (χ2v) is 5.44. The molecule has 1 unspecified atom stereocenters. The van der Waals surface area contributed by atoms with Gasteiger partial charge in [0.25, 0.3) is 0 Å². The van der Waals surface area contributed by atoms with Gasteiger partial charge in [0.2, 0.25) is 5.91 Å². The van der Waals surface area contributed by atoms with Crippen molar-refractivity contribution in [2.75, 3.05) is 39.9 Å². The molecule has 1 atom stereocenters. The topological polar surface area (TPSA) is 67.9 Å². The molecule has 2 fully saturated rings. The van der Waals surface area contributed by atoms with Gasteiger partial charge in [0.05, 0.1) is 25.7 Å². The van der Waals surface area contributed by atoms with Gasteiger partial charge in [0, 0.05) is 26.2 Å². The lowest BCUT2D eigenvalue weighted by Gasteiger charge is -2.30. The van der Waals surface area contributed by atoms with Crippen LogP contribution in [0.25, 0.3) is 0 Å². The quantitative estimate of drug-likeness (QED) is 0.729. The molecule has 2 aliphatic heterocycles. The van der Waals surface area contributed by atoms with Gasteiger partial charge in [-0.3, -0.25) is 9.59 Å². The zero-order valence-electron chi connectivity index (χ0n) is 12.1. The normalized spacial score (nSPS) is 23.9. The molecule has 2 heterocycles. The first-order valence-corrected chi connectivity index (χ1v) is 7.38. The van der Waals surface area contributed by atoms with E-state index >= 15 is 0 Å². The number of amides is 1. The Labute approximate surface area is 119 Å². The number of methoxy groups -OCH3 is 1. The fourth-order valence-electron chi connectivity index (χ4n) is 2.79. The molecular formula is C14H24N2O4. The number of hydrogen-bond donors (Lipinski definition) is 1. The molecule has 0 aromatic carbocycles. The maximum atomic E-state index is 12.0. The largest absolute Gasteiger partial charge is 0.469 e. The Kier molecular flexibility index (Phi) is 5.79. The zero-order valence-corrected chi connectivity index (χ0v) is 12.1. The highest BCUT2D eigenvalue weighted by atomic mass is 16.5. The first-order valence-electron chi connectivity index (χ1n) is 7.38. The number of piperidine rings is 1. The van der Waals surface area contributed by atoms with Crippen molar-refractivity contribution in [1.82, 2.24) is 10.2 Å². The smallest absolute Gasteiger partial charge is 0.308 e. The highest BCUT2D eigenvalue weighted by molar-refractivity contribution is 5.79. The molecule has 0 radical (unpaired) electrons. The minimum Gasteiger partial charge on any atom is -0.469 e. The van der Waals surface area contributed by atoms with Crippen LogP contribution in [0.5, 0.6) is 0 Å². The number of hydrogen-bond acceptors (Lipinski definition) is 5. The molecule has 0 bridgehead atoms. The highest BCUT2D eigenvalue weighted by Gasteiger charge is 2.27. The van der Waals surface area contributed by atoms with Gasteiger partial charge in [0.1, 0.15) is 0 Å². The van der Waals surface area contributed by atoms with E-state index in [1.165, 1.54) is 7.11 Å². The molecule has 1 N–H and O–H groups in total. The fourth-order valence-corrected chi connectivity index (χ4v) is 2.79. The molecule has 6 nitrogen and oxygen atoms in total. The number of nitrogens with one attached hydrogen (secondary N) is 1. The molecular weight excluding hydrogens is 260 g/mol. The van der Waals surface area contributed by atoms with Crippen LogP contribution in [0.2, 0.25) is 0 Å². The van der Waals surface area contributed by atoms with Crippen LogP contribution >= 0.6 is 0 Å². The molecule has 0 spiro atoms. The van der Waals surface area contributed by atoms with E-state index in [1.807, 2.05) is 4.90 Å². The van der Waals surface area contributed by atoms with Gasteiger partial charge in [-0.25, -0.2) is 0 Å². The van der Waals surface area contributed by atoms with E-state index in [0.717, 1.165) is 26.0 Å². The summed E-state index contributed by atoms with van der Waals surface area (Å²) in [5, 5.41) is 3.16. The summed E-state index contributed by atoms with van der Waals surface area (Å²) in [5.41, 5.74) is 0. The summed E-state index contributed by atoms with van der Waals surface area (Å²) in [6, 6.07) is 0. The van der Waals surface area contributed by atoms with Gasteiger partial charge >= 0.3 is 5.97 Å². The van der Waals surface area contributed by atoms with E-state index < -0.39 is 0 Å². The molecule has 2 saturated heterocycles. The number of ether oxygens (including phenoxy) is 2. The number of nitrogens with zero attached hydrogens (tertiary/aromatic N) is 1. The van der Waals surface area contributed by atoms with Crippen LogP contribution in [0.4, 0.5) is 0 Å². The molecule has 0 aromatic heterocycles. The standard InChI is InChI=1S/C14H24N2O4/c1-19-14(18)11-4-6-16(7-5-11)13(17)10-15-9-12-3-2-8-20-12/h11-12,15H,2-10H2,1H3. The van der Waals surface area contributed by atoms with Crippen LogP contribution in [-0.2, 0) is 19.1 Å². The summed E-state index contributed by atoms with van der Waals surface area (Å²) in [7, 11) is 1.41. The number of rotatable bonds is 5. The lowest BCUT2D eigenvalue weighted by molar-refractivity contribution is -0.148. The predicted octanol–water partition coefficient (Wildman–Crippen LogP) is 0.167. The Balaban J connectivity index is 1.62. The SMILES string of the molecule is COC(=O)C1CCN(C(=O)CNCC2CCCO2)CC1. The van der Waals surface area contributed by atoms with Crippen LogP contribution in [-0.4, -0.2) is 62.8 Å². The number of carbonyl (C=O) groups excluding carboxylic acids is 2. The molecule has 2 rings (SSSR count). The summed E-state index contributed by atoms with van der Waals surface area (Å²) in [4.78, 5) is 25.3. The number of carbonyl (C=O) groups is 2. The summed E-state index contributed by atoms with van der Waals surface area (Å²) >= 11 is 0. The monoisotopic (exact) mass is 284 g/mol. The van der Waals surface area contributed by atoms with Crippen molar-refractivity contribution in [3.63, 3.8) is 0 Å². The minimum absolute atomic E-state index is 0.0519. The van der Waals surface area contributed by atoms with Crippen molar-refractivity contribution in [2.24, 2.45) is 5.92 Å². The van der Waals surface area contributed by atoms with E-state index in [1.54, 1.807) is 0 Å².